The summed E-state index contributed by atoms with van der Waals surface area (Å²) in [6, 6.07) is 16.5. The van der Waals surface area contributed by atoms with Crippen LogP contribution in [-0.4, -0.2) is 33.0 Å². The van der Waals surface area contributed by atoms with Gasteiger partial charge in [-0.1, -0.05) is 12.1 Å². The Hall–Kier alpha value is -3.58. The molecule has 4 rings (SSSR count). The third-order valence-electron chi connectivity index (χ3n) is 4.91. The van der Waals surface area contributed by atoms with E-state index in [0.717, 1.165) is 11.3 Å². The molecule has 0 spiro atoms. The summed E-state index contributed by atoms with van der Waals surface area (Å²) in [5, 5.41) is 15.1. The largest absolute Gasteiger partial charge is 0.497 e. The van der Waals surface area contributed by atoms with Crippen LogP contribution in [0.4, 0.5) is 0 Å². The van der Waals surface area contributed by atoms with Gasteiger partial charge in [0.1, 0.15) is 17.0 Å². The lowest BCUT2D eigenvalue weighted by Gasteiger charge is -2.14. The number of hydrogen-bond donors (Lipinski definition) is 1. The van der Waals surface area contributed by atoms with Crippen molar-refractivity contribution in [2.24, 2.45) is 0 Å². The zero-order valence-corrected chi connectivity index (χ0v) is 16.9. The molecule has 0 radical (unpaired) electrons. The number of aromatic nitrogens is 3. The second-order valence-corrected chi connectivity index (χ2v) is 6.86. The number of rotatable bonds is 7. The van der Waals surface area contributed by atoms with Crippen molar-refractivity contribution in [3.63, 3.8) is 0 Å². The second kappa shape index (κ2) is 8.42. The van der Waals surface area contributed by atoms with Crippen LogP contribution >= 0.6 is 0 Å². The molecule has 7 nitrogen and oxygen atoms in total. The van der Waals surface area contributed by atoms with E-state index in [9.17, 15) is 9.90 Å². The Morgan fingerprint density at radius 3 is 2.60 bits per heavy atom. The molecule has 2 aromatic carbocycles. The van der Waals surface area contributed by atoms with Gasteiger partial charge in [-0.25, -0.2) is 4.52 Å². The fourth-order valence-corrected chi connectivity index (χ4v) is 3.34. The number of nitrogens with zero attached hydrogens (tertiary/aromatic N) is 3. The maximum Gasteiger partial charge on any atom is 0.276 e. The Morgan fingerprint density at radius 1 is 1.07 bits per heavy atom. The van der Waals surface area contributed by atoms with Crippen LogP contribution in [-0.2, 0) is 6.54 Å². The van der Waals surface area contributed by atoms with Gasteiger partial charge in [-0.15, -0.1) is 0 Å². The highest BCUT2D eigenvalue weighted by Gasteiger charge is 2.14. The molecular formula is C23H23N3O4. The standard InChI is InChI=1S/C23H23N3O4/c1-3-30-18-9-7-16(8-10-18)20-14-21-23(28)25(11-12-26(21)24-20)15-22(27)17-5-4-6-19(13-17)29-2/h4-14,22,27H,3,15H2,1-2H3. The van der Waals surface area contributed by atoms with Crippen molar-refractivity contribution >= 4 is 5.52 Å². The summed E-state index contributed by atoms with van der Waals surface area (Å²) < 4.78 is 13.7. The quantitative estimate of drug-likeness (QED) is 0.510. The SMILES string of the molecule is CCOc1ccc(-c2cc3c(=O)n(CC(O)c4cccc(OC)c4)ccn3n2)cc1. The molecule has 0 bridgehead atoms. The Bertz CT molecular complexity index is 1210. The van der Waals surface area contributed by atoms with E-state index in [4.69, 9.17) is 9.47 Å². The maximum absolute atomic E-state index is 12.9. The highest BCUT2D eigenvalue weighted by atomic mass is 16.5. The third kappa shape index (κ3) is 3.92. The first-order valence-electron chi connectivity index (χ1n) is 9.73. The van der Waals surface area contributed by atoms with Crippen LogP contribution in [0.3, 0.4) is 0 Å². The van der Waals surface area contributed by atoms with Gasteiger partial charge < -0.3 is 19.1 Å². The van der Waals surface area contributed by atoms with Gasteiger partial charge in [-0.05, 0) is 55.0 Å². The van der Waals surface area contributed by atoms with E-state index in [1.807, 2.05) is 43.3 Å². The molecule has 4 aromatic rings. The van der Waals surface area contributed by atoms with Gasteiger partial charge >= 0.3 is 0 Å². The molecule has 0 aliphatic carbocycles. The van der Waals surface area contributed by atoms with Gasteiger partial charge in [-0.3, -0.25) is 4.79 Å². The maximum atomic E-state index is 12.9. The molecule has 7 heteroatoms. The predicted molar refractivity (Wildman–Crippen MR) is 114 cm³/mol. The molecule has 1 atom stereocenters. The van der Waals surface area contributed by atoms with Crippen LogP contribution in [0.15, 0.2) is 71.8 Å². The van der Waals surface area contributed by atoms with E-state index >= 15 is 0 Å². The minimum Gasteiger partial charge on any atom is -0.497 e. The van der Waals surface area contributed by atoms with Crippen LogP contribution in [0.5, 0.6) is 11.5 Å². The van der Waals surface area contributed by atoms with Crippen LogP contribution in [0.25, 0.3) is 16.8 Å². The predicted octanol–water partition coefficient (Wildman–Crippen LogP) is 3.30. The molecule has 1 N–H and O–H groups in total. The lowest BCUT2D eigenvalue weighted by atomic mass is 10.1. The van der Waals surface area contributed by atoms with Gasteiger partial charge in [0.15, 0.2) is 0 Å². The summed E-state index contributed by atoms with van der Waals surface area (Å²) in [4.78, 5) is 12.9. The topological polar surface area (TPSA) is 78.0 Å². The zero-order valence-electron chi connectivity index (χ0n) is 16.9. The van der Waals surface area contributed by atoms with Crippen LogP contribution in [0.2, 0.25) is 0 Å². The van der Waals surface area contributed by atoms with E-state index in [1.54, 1.807) is 42.2 Å². The summed E-state index contributed by atoms with van der Waals surface area (Å²) in [6.45, 7) is 2.67. The van der Waals surface area contributed by atoms with Crippen molar-refractivity contribution < 1.29 is 14.6 Å². The zero-order chi connectivity index (χ0) is 21.1. The van der Waals surface area contributed by atoms with Gasteiger partial charge in [0.2, 0.25) is 0 Å². The molecule has 1 unspecified atom stereocenters. The van der Waals surface area contributed by atoms with E-state index in [-0.39, 0.29) is 12.1 Å². The number of ether oxygens (including phenoxy) is 2. The smallest absolute Gasteiger partial charge is 0.276 e. The molecule has 30 heavy (non-hydrogen) atoms. The number of aliphatic hydroxyl groups is 1. The molecule has 0 fully saturated rings. The molecule has 0 aliphatic rings. The summed E-state index contributed by atoms with van der Waals surface area (Å²) >= 11 is 0. The van der Waals surface area contributed by atoms with Crippen molar-refractivity contribution in [1.82, 2.24) is 14.2 Å². The van der Waals surface area contributed by atoms with Crippen molar-refractivity contribution in [1.29, 1.82) is 0 Å². The fraction of sp³-hybridized carbons (Fsp3) is 0.217. The van der Waals surface area contributed by atoms with Crippen molar-refractivity contribution in [2.75, 3.05) is 13.7 Å². The first-order chi connectivity index (χ1) is 14.6. The monoisotopic (exact) mass is 405 g/mol. The molecule has 0 amide bonds. The highest BCUT2D eigenvalue weighted by molar-refractivity contribution is 5.66. The minimum atomic E-state index is -0.839. The Morgan fingerprint density at radius 2 is 1.87 bits per heavy atom. The molecular weight excluding hydrogens is 382 g/mol. The van der Waals surface area contributed by atoms with Crippen LogP contribution < -0.4 is 15.0 Å². The summed E-state index contributed by atoms with van der Waals surface area (Å²) in [7, 11) is 1.57. The molecule has 154 valence electrons. The second-order valence-electron chi connectivity index (χ2n) is 6.86. The van der Waals surface area contributed by atoms with Gasteiger partial charge in [0.25, 0.3) is 5.56 Å². The van der Waals surface area contributed by atoms with E-state index in [0.29, 0.717) is 29.1 Å². The molecule has 0 saturated heterocycles. The Kier molecular flexibility index (Phi) is 5.54. The minimum absolute atomic E-state index is 0.131. The number of benzene rings is 2. The number of hydrogen-bond acceptors (Lipinski definition) is 5. The van der Waals surface area contributed by atoms with E-state index < -0.39 is 6.10 Å². The van der Waals surface area contributed by atoms with Crippen molar-refractivity contribution in [3.05, 3.63) is 82.9 Å². The molecule has 0 aliphatic heterocycles. The highest BCUT2D eigenvalue weighted by Crippen LogP contribution is 2.23. The average Bonchev–Trinajstić information content (AvgIpc) is 3.21. The third-order valence-corrected chi connectivity index (χ3v) is 4.91. The molecule has 2 heterocycles. The van der Waals surface area contributed by atoms with Crippen LogP contribution in [0, 0.1) is 0 Å². The van der Waals surface area contributed by atoms with E-state index in [1.165, 1.54) is 4.57 Å². The Labute approximate surface area is 173 Å². The van der Waals surface area contributed by atoms with Crippen molar-refractivity contribution in [3.8, 4) is 22.8 Å². The Balaban J connectivity index is 1.61. The van der Waals surface area contributed by atoms with E-state index in [2.05, 4.69) is 5.10 Å². The number of aliphatic hydroxyl groups excluding tert-OH is 1. The summed E-state index contributed by atoms with van der Waals surface area (Å²) in [5.41, 5.74) is 2.50. The first kappa shape index (κ1) is 19.7. The van der Waals surface area contributed by atoms with Crippen LogP contribution in [0.1, 0.15) is 18.6 Å². The number of fused-ring (bicyclic) bond motifs is 1. The van der Waals surface area contributed by atoms with Crippen molar-refractivity contribution in [2.45, 2.75) is 19.6 Å². The average molecular weight is 405 g/mol. The summed E-state index contributed by atoms with van der Waals surface area (Å²) in [6.07, 6.45) is 2.51. The number of methoxy groups -OCH3 is 1. The summed E-state index contributed by atoms with van der Waals surface area (Å²) in [5.74, 6) is 1.45. The first-order valence-corrected chi connectivity index (χ1v) is 9.73. The van der Waals surface area contributed by atoms with Gasteiger partial charge in [0, 0.05) is 18.0 Å². The fourth-order valence-electron chi connectivity index (χ4n) is 3.34. The lowest BCUT2D eigenvalue weighted by molar-refractivity contribution is 0.155. The lowest BCUT2D eigenvalue weighted by Crippen LogP contribution is -2.24. The van der Waals surface area contributed by atoms with Gasteiger partial charge in [-0.2, -0.15) is 5.10 Å². The molecule has 0 saturated carbocycles. The normalized spacial score (nSPS) is 12.1. The van der Waals surface area contributed by atoms with Gasteiger partial charge in [0.05, 0.1) is 32.1 Å². The molecule has 2 aromatic heterocycles.